The van der Waals surface area contributed by atoms with Crippen molar-refractivity contribution >= 4 is 5.82 Å². The van der Waals surface area contributed by atoms with E-state index in [-0.39, 0.29) is 0 Å². The number of nitrogens with zero attached hydrogens (tertiary/aromatic N) is 1. The second-order valence-corrected chi connectivity index (χ2v) is 3.76. The highest BCUT2D eigenvalue weighted by molar-refractivity contribution is 5.40. The quantitative estimate of drug-likeness (QED) is 0.672. The normalized spacial score (nSPS) is 10.2. The number of hydrogen-bond acceptors (Lipinski definition) is 4. The van der Waals surface area contributed by atoms with Crippen LogP contribution in [0.2, 0.25) is 0 Å². The molecule has 0 aliphatic carbocycles. The van der Waals surface area contributed by atoms with Crippen LogP contribution in [-0.2, 0) is 4.74 Å². The molecule has 1 aromatic rings. The van der Waals surface area contributed by atoms with Gasteiger partial charge in [0.15, 0.2) is 0 Å². The van der Waals surface area contributed by atoms with Gasteiger partial charge in [-0.2, -0.15) is 0 Å². The lowest BCUT2D eigenvalue weighted by molar-refractivity contribution is 0.101. The minimum atomic E-state index is 0.581. The summed E-state index contributed by atoms with van der Waals surface area (Å²) in [5, 5.41) is 3.22. The topological polar surface area (TPSA) is 43.4 Å². The Bertz CT molecular complexity index is 305. The summed E-state index contributed by atoms with van der Waals surface area (Å²) < 4.78 is 10.9. The molecule has 0 aliphatic rings. The SMILES string of the molecule is CCCNc1cc(OCCOCCC)ccn1. The Labute approximate surface area is 103 Å². The van der Waals surface area contributed by atoms with Gasteiger partial charge >= 0.3 is 0 Å². The first-order valence-corrected chi connectivity index (χ1v) is 6.27. The summed E-state index contributed by atoms with van der Waals surface area (Å²) in [6.45, 7) is 7.15. The number of aromatic nitrogens is 1. The fraction of sp³-hybridized carbons (Fsp3) is 0.615. The van der Waals surface area contributed by atoms with E-state index in [0.29, 0.717) is 13.2 Å². The Morgan fingerprint density at radius 3 is 2.82 bits per heavy atom. The Morgan fingerprint density at radius 1 is 1.18 bits per heavy atom. The summed E-state index contributed by atoms with van der Waals surface area (Å²) in [6, 6.07) is 3.77. The Kier molecular flexibility index (Phi) is 7.14. The molecule has 0 bridgehead atoms. The molecule has 0 fully saturated rings. The molecule has 0 saturated heterocycles. The zero-order valence-corrected chi connectivity index (χ0v) is 10.7. The minimum Gasteiger partial charge on any atom is -0.491 e. The number of ether oxygens (including phenoxy) is 2. The highest BCUT2D eigenvalue weighted by Crippen LogP contribution is 2.14. The largest absolute Gasteiger partial charge is 0.491 e. The van der Waals surface area contributed by atoms with Crippen LogP contribution in [0.1, 0.15) is 26.7 Å². The van der Waals surface area contributed by atoms with Gasteiger partial charge in [-0.25, -0.2) is 4.98 Å². The summed E-state index contributed by atoms with van der Waals surface area (Å²) in [5.74, 6) is 1.69. The van der Waals surface area contributed by atoms with Gasteiger partial charge < -0.3 is 14.8 Å². The van der Waals surface area contributed by atoms with Gasteiger partial charge in [-0.15, -0.1) is 0 Å². The molecular weight excluding hydrogens is 216 g/mol. The molecule has 0 unspecified atom stereocenters. The van der Waals surface area contributed by atoms with Crippen molar-refractivity contribution in [3.05, 3.63) is 18.3 Å². The van der Waals surface area contributed by atoms with Gasteiger partial charge in [-0.1, -0.05) is 13.8 Å². The first-order chi connectivity index (χ1) is 8.36. The Balaban J connectivity index is 2.27. The van der Waals surface area contributed by atoms with Crippen molar-refractivity contribution in [2.24, 2.45) is 0 Å². The third kappa shape index (κ3) is 6.12. The molecule has 4 nitrogen and oxygen atoms in total. The van der Waals surface area contributed by atoms with Gasteiger partial charge in [-0.3, -0.25) is 0 Å². The average Bonchev–Trinajstić information content (AvgIpc) is 2.37. The summed E-state index contributed by atoms with van der Waals surface area (Å²) in [5.41, 5.74) is 0. The van der Waals surface area contributed by atoms with Gasteiger partial charge in [0.2, 0.25) is 0 Å². The van der Waals surface area contributed by atoms with Crippen LogP contribution in [0.3, 0.4) is 0 Å². The standard InChI is InChI=1S/C13H22N2O2/c1-3-6-14-13-11-12(5-7-15-13)17-10-9-16-8-4-2/h5,7,11H,3-4,6,8-10H2,1-2H3,(H,14,15). The molecule has 1 N–H and O–H groups in total. The monoisotopic (exact) mass is 238 g/mol. The van der Waals surface area contributed by atoms with E-state index in [1.54, 1.807) is 6.20 Å². The number of rotatable bonds is 9. The molecular formula is C13H22N2O2. The van der Waals surface area contributed by atoms with Crippen molar-refractivity contribution in [1.29, 1.82) is 0 Å². The second-order valence-electron chi connectivity index (χ2n) is 3.76. The summed E-state index contributed by atoms with van der Waals surface area (Å²) in [4.78, 5) is 4.21. The van der Waals surface area contributed by atoms with Gasteiger partial charge in [0.25, 0.3) is 0 Å². The lowest BCUT2D eigenvalue weighted by Gasteiger charge is -2.08. The molecule has 4 heteroatoms. The second kappa shape index (κ2) is 8.82. The van der Waals surface area contributed by atoms with Crippen molar-refractivity contribution in [1.82, 2.24) is 4.98 Å². The van der Waals surface area contributed by atoms with E-state index in [0.717, 1.165) is 37.6 Å². The number of nitrogens with one attached hydrogen (secondary N) is 1. The van der Waals surface area contributed by atoms with E-state index >= 15 is 0 Å². The maximum atomic E-state index is 5.57. The molecule has 0 radical (unpaired) electrons. The van der Waals surface area contributed by atoms with Crippen LogP contribution < -0.4 is 10.1 Å². The first kappa shape index (κ1) is 13.8. The number of hydrogen-bond donors (Lipinski definition) is 1. The predicted molar refractivity (Wildman–Crippen MR) is 69.6 cm³/mol. The van der Waals surface area contributed by atoms with Crippen molar-refractivity contribution in [3.8, 4) is 5.75 Å². The lowest BCUT2D eigenvalue weighted by Crippen LogP contribution is -2.08. The van der Waals surface area contributed by atoms with Crippen LogP contribution in [-0.4, -0.2) is 31.3 Å². The number of anilines is 1. The van der Waals surface area contributed by atoms with Gasteiger partial charge in [-0.05, 0) is 18.9 Å². The van der Waals surface area contributed by atoms with E-state index in [9.17, 15) is 0 Å². The van der Waals surface area contributed by atoms with Crippen LogP contribution >= 0.6 is 0 Å². The summed E-state index contributed by atoms with van der Waals surface area (Å²) in [6.07, 6.45) is 3.87. The third-order valence-electron chi connectivity index (χ3n) is 2.13. The minimum absolute atomic E-state index is 0.581. The molecule has 0 aromatic carbocycles. The maximum Gasteiger partial charge on any atom is 0.129 e. The van der Waals surface area contributed by atoms with Gasteiger partial charge in [0, 0.05) is 25.4 Å². The van der Waals surface area contributed by atoms with E-state index in [4.69, 9.17) is 9.47 Å². The van der Waals surface area contributed by atoms with Gasteiger partial charge in [0.1, 0.15) is 18.2 Å². The van der Waals surface area contributed by atoms with Crippen LogP contribution in [0.15, 0.2) is 18.3 Å². The fourth-order valence-corrected chi connectivity index (χ4v) is 1.32. The fourth-order valence-electron chi connectivity index (χ4n) is 1.32. The predicted octanol–water partition coefficient (Wildman–Crippen LogP) is 2.71. The summed E-state index contributed by atoms with van der Waals surface area (Å²) in [7, 11) is 0. The highest BCUT2D eigenvalue weighted by atomic mass is 16.5. The molecule has 1 heterocycles. The van der Waals surface area contributed by atoms with E-state index in [1.807, 2.05) is 12.1 Å². The van der Waals surface area contributed by atoms with E-state index in [1.165, 1.54) is 0 Å². The van der Waals surface area contributed by atoms with E-state index < -0.39 is 0 Å². The summed E-state index contributed by atoms with van der Waals surface area (Å²) >= 11 is 0. The number of pyridine rings is 1. The highest BCUT2D eigenvalue weighted by Gasteiger charge is 1.97. The van der Waals surface area contributed by atoms with Crippen molar-refractivity contribution in [2.45, 2.75) is 26.7 Å². The Hall–Kier alpha value is -1.29. The molecule has 96 valence electrons. The molecule has 1 rings (SSSR count). The van der Waals surface area contributed by atoms with Crippen molar-refractivity contribution in [2.75, 3.05) is 31.7 Å². The van der Waals surface area contributed by atoms with Crippen molar-refractivity contribution in [3.63, 3.8) is 0 Å². The zero-order valence-electron chi connectivity index (χ0n) is 10.7. The molecule has 0 aliphatic heterocycles. The van der Waals surface area contributed by atoms with Crippen LogP contribution in [0.4, 0.5) is 5.82 Å². The van der Waals surface area contributed by atoms with Gasteiger partial charge in [0.05, 0.1) is 6.61 Å². The molecule has 1 aromatic heterocycles. The first-order valence-electron chi connectivity index (χ1n) is 6.27. The molecule has 0 amide bonds. The van der Waals surface area contributed by atoms with E-state index in [2.05, 4.69) is 24.1 Å². The Morgan fingerprint density at radius 2 is 2.06 bits per heavy atom. The molecule has 0 saturated carbocycles. The average molecular weight is 238 g/mol. The molecule has 0 atom stereocenters. The van der Waals surface area contributed by atoms with Crippen molar-refractivity contribution < 1.29 is 9.47 Å². The van der Waals surface area contributed by atoms with Crippen LogP contribution in [0.25, 0.3) is 0 Å². The zero-order chi connectivity index (χ0) is 12.3. The maximum absolute atomic E-state index is 5.57. The molecule has 17 heavy (non-hydrogen) atoms. The smallest absolute Gasteiger partial charge is 0.129 e. The third-order valence-corrected chi connectivity index (χ3v) is 2.13. The van der Waals surface area contributed by atoms with Crippen LogP contribution in [0.5, 0.6) is 5.75 Å². The lowest BCUT2D eigenvalue weighted by atomic mass is 10.4. The molecule has 0 spiro atoms. The van der Waals surface area contributed by atoms with Crippen LogP contribution in [0, 0.1) is 0 Å².